The third-order valence-electron chi connectivity index (χ3n) is 6.51. The molecule has 4 rings (SSSR count). The Morgan fingerprint density at radius 2 is 1.71 bits per heavy atom. The summed E-state index contributed by atoms with van der Waals surface area (Å²) >= 11 is 0. The summed E-state index contributed by atoms with van der Waals surface area (Å²) in [5, 5.41) is 6.61. The van der Waals surface area contributed by atoms with E-state index in [2.05, 4.69) is 27.8 Å². The van der Waals surface area contributed by atoms with Crippen LogP contribution in [0.15, 0.2) is 66.9 Å². The Balaban J connectivity index is 1.32. The number of aromatic nitrogens is 1. The number of anilines is 3. The zero-order valence-electron chi connectivity index (χ0n) is 22.4. The van der Waals surface area contributed by atoms with Crippen LogP contribution in [-0.4, -0.2) is 40.6 Å². The van der Waals surface area contributed by atoms with Gasteiger partial charge in [0.1, 0.15) is 11.4 Å². The molecule has 8 nitrogen and oxygen atoms in total. The molecule has 0 atom stereocenters. The summed E-state index contributed by atoms with van der Waals surface area (Å²) in [4.78, 5) is 30.4. The molecular formula is C30H37N5O3. The lowest BCUT2D eigenvalue weighted by Crippen LogP contribution is -2.42. The van der Waals surface area contributed by atoms with Gasteiger partial charge in [-0.3, -0.25) is 4.79 Å². The van der Waals surface area contributed by atoms with Crippen LogP contribution in [0.2, 0.25) is 0 Å². The fourth-order valence-electron chi connectivity index (χ4n) is 4.51. The molecule has 1 fully saturated rings. The van der Waals surface area contributed by atoms with Crippen molar-refractivity contribution in [2.45, 2.75) is 52.2 Å². The molecular weight excluding hydrogens is 478 g/mol. The Bertz CT molecular complexity index is 1230. The van der Waals surface area contributed by atoms with E-state index in [4.69, 9.17) is 10.5 Å². The Morgan fingerprint density at radius 3 is 2.34 bits per heavy atom. The minimum Gasteiger partial charge on any atom is -0.444 e. The zero-order chi connectivity index (χ0) is 27.1. The molecule has 1 aromatic heterocycles. The van der Waals surface area contributed by atoms with E-state index in [0.29, 0.717) is 29.5 Å². The summed E-state index contributed by atoms with van der Waals surface area (Å²) in [7, 11) is 0. The second kappa shape index (κ2) is 12.0. The number of rotatable bonds is 8. The highest BCUT2D eigenvalue weighted by Gasteiger charge is 2.26. The Kier molecular flexibility index (Phi) is 8.51. The number of amides is 2. The van der Waals surface area contributed by atoms with E-state index in [1.165, 1.54) is 11.8 Å². The topological polar surface area (TPSA) is 110 Å². The van der Waals surface area contributed by atoms with Crippen molar-refractivity contribution in [2.75, 3.05) is 23.7 Å². The lowest BCUT2D eigenvalue weighted by atomic mass is 9.90. The highest BCUT2D eigenvalue weighted by Crippen LogP contribution is 2.26. The molecule has 3 aromatic rings. The number of carbonyl (C=O) groups is 2. The molecule has 2 heterocycles. The van der Waals surface area contributed by atoms with Gasteiger partial charge in [-0.25, -0.2) is 9.78 Å². The van der Waals surface area contributed by atoms with Crippen molar-refractivity contribution in [3.63, 3.8) is 0 Å². The maximum absolute atomic E-state index is 12.3. The summed E-state index contributed by atoms with van der Waals surface area (Å²) in [6, 6.07) is 20.1. The standard InChI is InChI=1S/C30H37N5O3/c1-30(2,3)38-29(37)35-15-13-22(14-16-35)17-21-9-11-24(12-10-21)34-27-18-26(25(20-33-27)28(31)36)32-19-23-7-5-4-6-8-23/h4-12,18,20,22H,13-17,19H2,1-3H3,(H2,31,36)(H2,32,33,34). The third kappa shape index (κ3) is 7.71. The number of likely N-dealkylation sites (tertiary alicyclic amines) is 1. The molecule has 0 saturated carbocycles. The predicted octanol–water partition coefficient (Wildman–Crippen LogP) is 5.73. The van der Waals surface area contributed by atoms with Crippen molar-refractivity contribution in [3.05, 3.63) is 83.6 Å². The van der Waals surface area contributed by atoms with Crippen molar-refractivity contribution >= 4 is 29.2 Å². The quantitative estimate of drug-likeness (QED) is 0.354. The van der Waals surface area contributed by atoms with Gasteiger partial charge in [0.25, 0.3) is 5.91 Å². The first-order chi connectivity index (χ1) is 18.2. The van der Waals surface area contributed by atoms with Gasteiger partial charge in [-0.2, -0.15) is 0 Å². The first kappa shape index (κ1) is 27.0. The Morgan fingerprint density at radius 1 is 1.03 bits per heavy atom. The molecule has 0 aliphatic carbocycles. The summed E-state index contributed by atoms with van der Waals surface area (Å²) in [6.07, 6.45) is 4.18. The highest BCUT2D eigenvalue weighted by atomic mass is 16.6. The number of nitrogens with zero attached hydrogens (tertiary/aromatic N) is 2. The first-order valence-electron chi connectivity index (χ1n) is 13.1. The molecule has 38 heavy (non-hydrogen) atoms. The van der Waals surface area contributed by atoms with Crippen molar-refractivity contribution in [3.8, 4) is 0 Å². The molecule has 200 valence electrons. The number of nitrogens with one attached hydrogen (secondary N) is 2. The van der Waals surface area contributed by atoms with Crippen molar-refractivity contribution < 1.29 is 14.3 Å². The van der Waals surface area contributed by atoms with Crippen LogP contribution in [0, 0.1) is 5.92 Å². The Hall–Kier alpha value is -4.07. The van der Waals surface area contributed by atoms with Gasteiger partial charge in [-0.1, -0.05) is 42.5 Å². The number of primary amides is 1. The van der Waals surface area contributed by atoms with Gasteiger partial charge in [0.05, 0.1) is 11.3 Å². The maximum atomic E-state index is 12.3. The fraction of sp³-hybridized carbons (Fsp3) is 0.367. The van der Waals surface area contributed by atoms with Gasteiger partial charge in [-0.05, 0) is 69.2 Å². The smallest absolute Gasteiger partial charge is 0.410 e. The summed E-state index contributed by atoms with van der Waals surface area (Å²) < 4.78 is 5.50. The summed E-state index contributed by atoms with van der Waals surface area (Å²) in [6.45, 7) is 7.70. The molecule has 2 aromatic carbocycles. The third-order valence-corrected chi connectivity index (χ3v) is 6.51. The van der Waals surface area contributed by atoms with Crippen molar-refractivity contribution in [1.29, 1.82) is 0 Å². The van der Waals surface area contributed by atoms with Crippen LogP contribution in [0.1, 0.15) is 55.1 Å². The zero-order valence-corrected chi connectivity index (χ0v) is 22.4. The lowest BCUT2D eigenvalue weighted by molar-refractivity contribution is 0.0184. The number of benzene rings is 2. The molecule has 1 saturated heterocycles. The normalized spacial score (nSPS) is 14.1. The molecule has 1 aliphatic heterocycles. The van der Waals surface area contributed by atoms with E-state index in [1.807, 2.05) is 68.1 Å². The van der Waals surface area contributed by atoms with Crippen LogP contribution in [0.3, 0.4) is 0 Å². The number of ether oxygens (including phenoxy) is 1. The average molecular weight is 516 g/mol. The molecule has 8 heteroatoms. The number of carbonyl (C=O) groups excluding carboxylic acids is 2. The van der Waals surface area contributed by atoms with Gasteiger partial charge in [-0.15, -0.1) is 0 Å². The van der Waals surface area contributed by atoms with Crippen LogP contribution in [0.4, 0.5) is 22.0 Å². The second-order valence-electron chi connectivity index (χ2n) is 10.8. The van der Waals surface area contributed by atoms with Crippen molar-refractivity contribution in [1.82, 2.24) is 9.88 Å². The molecule has 2 amide bonds. The maximum Gasteiger partial charge on any atom is 0.410 e. The van der Waals surface area contributed by atoms with Gasteiger partial charge in [0.15, 0.2) is 0 Å². The lowest BCUT2D eigenvalue weighted by Gasteiger charge is -2.33. The number of hydrogen-bond donors (Lipinski definition) is 3. The van der Waals surface area contributed by atoms with E-state index in [-0.39, 0.29) is 6.09 Å². The highest BCUT2D eigenvalue weighted by molar-refractivity contribution is 5.98. The molecule has 0 spiro atoms. The van der Waals surface area contributed by atoms with E-state index in [9.17, 15) is 9.59 Å². The van der Waals surface area contributed by atoms with E-state index in [1.54, 1.807) is 6.07 Å². The minimum atomic E-state index is -0.527. The fourth-order valence-corrected chi connectivity index (χ4v) is 4.51. The molecule has 1 aliphatic rings. The van der Waals surface area contributed by atoms with Crippen molar-refractivity contribution in [2.24, 2.45) is 11.7 Å². The predicted molar refractivity (Wildman–Crippen MR) is 150 cm³/mol. The van der Waals surface area contributed by atoms with E-state index in [0.717, 1.165) is 43.6 Å². The molecule has 0 unspecified atom stereocenters. The first-order valence-corrected chi connectivity index (χ1v) is 13.1. The van der Waals surface area contributed by atoms with Gasteiger partial charge in [0.2, 0.25) is 0 Å². The van der Waals surface area contributed by atoms with Crippen LogP contribution in [-0.2, 0) is 17.7 Å². The van der Waals surface area contributed by atoms with Crippen LogP contribution < -0.4 is 16.4 Å². The SMILES string of the molecule is CC(C)(C)OC(=O)N1CCC(Cc2ccc(Nc3cc(NCc4ccccc4)c(C(N)=O)cn3)cc2)CC1. The molecule has 0 radical (unpaired) electrons. The Labute approximate surface area is 224 Å². The number of piperidine rings is 1. The monoisotopic (exact) mass is 515 g/mol. The van der Waals surface area contributed by atoms with E-state index < -0.39 is 11.5 Å². The van der Waals surface area contributed by atoms with Crippen LogP contribution in [0.5, 0.6) is 0 Å². The average Bonchev–Trinajstić information content (AvgIpc) is 2.88. The number of hydrogen-bond acceptors (Lipinski definition) is 6. The largest absolute Gasteiger partial charge is 0.444 e. The minimum absolute atomic E-state index is 0.220. The summed E-state index contributed by atoms with van der Waals surface area (Å²) in [5.74, 6) is 0.627. The van der Waals surface area contributed by atoms with Gasteiger partial charge < -0.3 is 26.0 Å². The second-order valence-corrected chi connectivity index (χ2v) is 10.8. The number of nitrogens with two attached hydrogens (primary N) is 1. The number of pyridine rings is 1. The van der Waals surface area contributed by atoms with Gasteiger partial charge in [0, 0.05) is 37.6 Å². The molecule has 4 N–H and O–H groups in total. The summed E-state index contributed by atoms with van der Waals surface area (Å²) in [5.41, 5.74) is 9.33. The van der Waals surface area contributed by atoms with Gasteiger partial charge >= 0.3 is 6.09 Å². The van der Waals surface area contributed by atoms with E-state index >= 15 is 0 Å². The molecule has 0 bridgehead atoms. The van der Waals surface area contributed by atoms with Crippen LogP contribution >= 0.6 is 0 Å². The van der Waals surface area contributed by atoms with Crippen LogP contribution in [0.25, 0.3) is 0 Å².